The van der Waals surface area contributed by atoms with Crippen molar-refractivity contribution in [3.63, 3.8) is 0 Å². The maximum Gasteiger partial charge on any atom is 0.339 e. The lowest BCUT2D eigenvalue weighted by Crippen LogP contribution is -2.08. The second-order valence-corrected chi connectivity index (χ2v) is 8.48. The summed E-state index contributed by atoms with van der Waals surface area (Å²) in [4.78, 5) is 20.0. The van der Waals surface area contributed by atoms with Gasteiger partial charge in [0.2, 0.25) is 0 Å². The van der Waals surface area contributed by atoms with E-state index in [0.29, 0.717) is 56.2 Å². The van der Waals surface area contributed by atoms with Crippen molar-refractivity contribution in [3.05, 3.63) is 163 Å². The van der Waals surface area contributed by atoms with Gasteiger partial charge in [-0.2, -0.15) is 0 Å². The van der Waals surface area contributed by atoms with Crippen molar-refractivity contribution < 1.29 is 4.79 Å². The van der Waals surface area contributed by atoms with Crippen LogP contribution >= 0.6 is 0 Å². The first kappa shape index (κ1) is 28.3. The van der Waals surface area contributed by atoms with Crippen molar-refractivity contribution in [2.45, 2.75) is 0 Å². The summed E-state index contributed by atoms with van der Waals surface area (Å²) in [6, 6.07) is 13.3. The van der Waals surface area contributed by atoms with Crippen LogP contribution in [0, 0.1) is 5.39 Å². The Hall–Kier alpha value is -6.73. The third-order valence-electron chi connectivity index (χ3n) is 5.89. The normalized spacial score (nSPS) is 13.5. The summed E-state index contributed by atoms with van der Waals surface area (Å²) in [5.74, 6) is -0.332. The van der Waals surface area contributed by atoms with Gasteiger partial charge >= 0.3 is 5.08 Å². The van der Waals surface area contributed by atoms with Gasteiger partial charge in [-0.15, -0.1) is 0 Å². The van der Waals surface area contributed by atoms with Gasteiger partial charge in [-0.3, -0.25) is 10.0 Å². The predicted octanol–water partition coefficient (Wildman–Crippen LogP) is 8.74. The van der Waals surface area contributed by atoms with E-state index in [0.717, 1.165) is 0 Å². The summed E-state index contributed by atoms with van der Waals surface area (Å²) >= 11 is 0. The molecule has 2 aliphatic rings. The number of nitrogens with zero attached hydrogens (tertiary/aromatic N) is 12. The van der Waals surface area contributed by atoms with E-state index < -0.39 is 0 Å². The number of carbonyl (C=O) groups excluding carboxylic acids is 1. The number of benzene rings is 2. The largest absolute Gasteiger partial charge is 0.362 e. The van der Waals surface area contributed by atoms with Gasteiger partial charge in [0, 0.05) is 32.3 Å². The highest BCUT2D eigenvalue weighted by Crippen LogP contribution is 2.29. The average Bonchev–Trinajstić information content (AvgIpc) is 3.02. The van der Waals surface area contributed by atoms with Crippen LogP contribution < -0.4 is 0 Å². The Bertz CT molecular complexity index is 1810. The molecule has 0 radical (unpaired) electrons. The Balaban J connectivity index is 1.88. The molecule has 0 saturated heterocycles. The van der Waals surface area contributed by atoms with Crippen LogP contribution in [0.2, 0.25) is 0 Å². The number of hydrogen-bond donors (Lipinski definition) is 0. The molecule has 0 saturated carbocycles. The molecule has 13 heteroatoms. The molecule has 2 aromatic rings. The van der Waals surface area contributed by atoms with Gasteiger partial charge in [-0.1, -0.05) is 95.2 Å². The lowest BCUT2D eigenvalue weighted by molar-refractivity contribution is -0.110. The van der Waals surface area contributed by atoms with E-state index in [4.69, 9.17) is 22.0 Å². The molecule has 4 rings (SSSR count). The zero-order chi connectivity index (χ0) is 29.7. The van der Waals surface area contributed by atoms with Crippen LogP contribution in [0.4, 0.5) is 11.4 Å². The van der Waals surface area contributed by atoms with Crippen LogP contribution in [0.3, 0.4) is 0 Å². The molecule has 0 N–H and O–H groups in total. The molecule has 13 nitrogen and oxygen atoms in total. The molecule has 0 aliphatic heterocycles. The SMILES string of the molecule is N#[N+]N=C1C=CC(=C(C=C2C=CC(=NN=[N-])C=C2)C(=O)C(=Cc2ccc(N=[N+]=[N-])cc2)c2ccc(N=[N+]=[N-])cc2)C=C1. The lowest BCUT2D eigenvalue weighted by atomic mass is 9.89. The molecule has 2 aliphatic carbocycles. The van der Waals surface area contributed by atoms with Crippen LogP contribution in [0.5, 0.6) is 0 Å². The fourth-order valence-electron chi connectivity index (χ4n) is 3.93. The first-order valence-corrected chi connectivity index (χ1v) is 12.1. The van der Waals surface area contributed by atoms with Gasteiger partial charge in [-0.25, -0.2) is 0 Å². The average molecular weight is 551 g/mol. The van der Waals surface area contributed by atoms with Crippen LogP contribution in [-0.4, -0.2) is 17.2 Å². The zero-order valence-corrected chi connectivity index (χ0v) is 21.7. The number of diazo groups is 1. The number of carbonyl (C=O) groups is 1. The Morgan fingerprint density at radius 2 is 1.33 bits per heavy atom. The predicted molar refractivity (Wildman–Crippen MR) is 161 cm³/mol. The minimum Gasteiger partial charge on any atom is -0.362 e. The number of ketones is 1. The first-order chi connectivity index (χ1) is 20.5. The van der Waals surface area contributed by atoms with Gasteiger partial charge in [0.1, 0.15) is 0 Å². The number of hydrogen-bond acceptors (Lipinski definition) is 6. The highest BCUT2D eigenvalue weighted by Gasteiger charge is 2.20. The number of allylic oxidation sites excluding steroid dienone is 13. The molecule has 0 heterocycles. The van der Waals surface area contributed by atoms with Crippen molar-refractivity contribution in [2.75, 3.05) is 0 Å². The Labute approximate surface area is 238 Å². The molecule has 2 aromatic carbocycles. The molecule has 0 fully saturated rings. The van der Waals surface area contributed by atoms with Gasteiger partial charge < -0.3 is 10.6 Å². The molecule has 0 amide bonds. The van der Waals surface area contributed by atoms with Crippen LogP contribution in [0.25, 0.3) is 43.2 Å². The summed E-state index contributed by atoms with van der Waals surface area (Å²) in [5, 5.41) is 28.8. The van der Waals surface area contributed by atoms with Crippen molar-refractivity contribution in [2.24, 2.45) is 25.7 Å². The second kappa shape index (κ2) is 13.9. The van der Waals surface area contributed by atoms with Crippen LogP contribution in [0.15, 0.2) is 146 Å². The van der Waals surface area contributed by atoms with Crippen molar-refractivity contribution >= 4 is 40.2 Å². The van der Waals surface area contributed by atoms with E-state index in [9.17, 15) is 4.79 Å². The van der Waals surface area contributed by atoms with Crippen molar-refractivity contribution in [3.8, 4) is 0 Å². The highest BCUT2D eigenvalue weighted by molar-refractivity contribution is 6.33. The smallest absolute Gasteiger partial charge is 0.339 e. The van der Waals surface area contributed by atoms with E-state index in [2.05, 4.69) is 40.6 Å². The molecule has 0 atom stereocenters. The van der Waals surface area contributed by atoms with Gasteiger partial charge in [-0.05, 0) is 63.4 Å². The second-order valence-electron chi connectivity index (χ2n) is 8.48. The Morgan fingerprint density at radius 1 is 0.762 bits per heavy atom. The van der Waals surface area contributed by atoms with E-state index >= 15 is 0 Å². The van der Waals surface area contributed by atoms with E-state index in [1.807, 2.05) is 0 Å². The molecular formula is C29H18N12O. The number of Topliss-reactive ketones (excluding diaryl/α,β-unsaturated/α-hetero) is 1. The molecule has 0 aromatic heterocycles. The first-order valence-electron chi connectivity index (χ1n) is 12.1. The number of rotatable bonds is 8. The summed E-state index contributed by atoms with van der Waals surface area (Å²) in [5.41, 5.74) is 31.0. The monoisotopic (exact) mass is 550 g/mol. The quantitative estimate of drug-likeness (QED) is 0.0601. The summed E-state index contributed by atoms with van der Waals surface area (Å²) in [6.45, 7) is 0. The van der Waals surface area contributed by atoms with E-state index in [-0.39, 0.29) is 5.78 Å². The molecular weight excluding hydrogens is 532 g/mol. The highest BCUT2D eigenvalue weighted by atomic mass is 16.1. The summed E-state index contributed by atoms with van der Waals surface area (Å²) in [7, 11) is 0. The third kappa shape index (κ3) is 7.22. The van der Waals surface area contributed by atoms with Crippen molar-refractivity contribution in [1.82, 2.24) is 0 Å². The maximum absolute atomic E-state index is 14.4. The minimum atomic E-state index is -0.332. The van der Waals surface area contributed by atoms with E-state index in [1.165, 1.54) is 0 Å². The maximum atomic E-state index is 14.4. The summed E-state index contributed by atoms with van der Waals surface area (Å²) < 4.78 is 0. The van der Waals surface area contributed by atoms with Gasteiger partial charge in [0.15, 0.2) is 16.6 Å². The lowest BCUT2D eigenvalue weighted by Gasteiger charge is -2.14. The number of azide groups is 2. The van der Waals surface area contributed by atoms with Crippen LogP contribution in [0.1, 0.15) is 11.1 Å². The zero-order valence-electron chi connectivity index (χ0n) is 21.7. The Kier molecular flexibility index (Phi) is 9.35. The van der Waals surface area contributed by atoms with Gasteiger partial charge in [0.25, 0.3) is 5.39 Å². The fraction of sp³-hybridized carbons (Fsp3) is 0. The molecule has 200 valence electrons. The fourth-order valence-corrected chi connectivity index (χ4v) is 3.93. The topological polar surface area (TPSA) is 202 Å². The van der Waals surface area contributed by atoms with E-state index in [1.54, 1.807) is 109 Å². The molecule has 0 unspecified atom stereocenters. The van der Waals surface area contributed by atoms with Gasteiger partial charge in [0.05, 0.1) is 0 Å². The molecule has 0 spiro atoms. The molecule has 0 bridgehead atoms. The Morgan fingerprint density at radius 3 is 1.88 bits per heavy atom. The molecule has 42 heavy (non-hydrogen) atoms. The standard InChI is InChI=1S/C29H18N12O/c30-38-34-23-9-1-19(2-10-23)17-27(21-5-13-25(14-6-21)36-40-32)29(42)28(22-7-15-26(16-8-22)37-41-33)18-20-3-11-24(12-4-20)35-39-31/h1-18H. The summed E-state index contributed by atoms with van der Waals surface area (Å²) in [6.07, 6.45) is 16.7. The van der Waals surface area contributed by atoms with Crippen LogP contribution in [-0.2, 0) is 4.79 Å². The minimum absolute atomic E-state index is 0.329. The third-order valence-corrected chi connectivity index (χ3v) is 5.89. The van der Waals surface area contributed by atoms with Crippen molar-refractivity contribution in [1.29, 1.82) is 5.39 Å².